The molecular formula is C25H23Cl2N5O. The summed E-state index contributed by atoms with van der Waals surface area (Å²) in [7, 11) is 1.99. The van der Waals surface area contributed by atoms with Gasteiger partial charge in [-0.1, -0.05) is 52.6 Å². The van der Waals surface area contributed by atoms with E-state index in [9.17, 15) is 5.11 Å². The second kappa shape index (κ2) is 8.71. The van der Waals surface area contributed by atoms with Crippen molar-refractivity contribution in [3.05, 3.63) is 87.9 Å². The summed E-state index contributed by atoms with van der Waals surface area (Å²) in [6, 6.07) is 20.7. The van der Waals surface area contributed by atoms with Crippen molar-refractivity contribution in [1.82, 2.24) is 4.90 Å². The number of para-hydroxylation sites is 1. The number of anilines is 2. The van der Waals surface area contributed by atoms with Crippen LogP contribution in [0, 0.1) is 0 Å². The highest BCUT2D eigenvalue weighted by molar-refractivity contribution is 6.31. The lowest BCUT2D eigenvalue weighted by atomic mass is 10.1. The summed E-state index contributed by atoms with van der Waals surface area (Å²) in [6.07, 6.45) is 0. The van der Waals surface area contributed by atoms with Crippen LogP contribution in [0.15, 0.2) is 76.8 Å². The van der Waals surface area contributed by atoms with Crippen LogP contribution in [0.3, 0.4) is 0 Å². The standard InChI is InChI=1S/C25H23Cl2N5O/c1-32(30-25(33)17-5-4-6-18(26)15-17)13-11-31(12-14-32)24-20-7-2-3-8-21(20)28-22-10-9-19(27)16-23(22)29-24/h2-10,15-16H,11-14H2,1H3,(H-,28,29,30,33). The van der Waals surface area contributed by atoms with Crippen LogP contribution in [0.4, 0.5) is 17.1 Å². The lowest BCUT2D eigenvalue weighted by molar-refractivity contribution is -0.920. The summed E-state index contributed by atoms with van der Waals surface area (Å²) in [5, 5.41) is 21.9. The van der Waals surface area contributed by atoms with Crippen molar-refractivity contribution in [3.63, 3.8) is 0 Å². The summed E-state index contributed by atoms with van der Waals surface area (Å²) >= 11 is 12.3. The zero-order valence-corrected chi connectivity index (χ0v) is 19.6. The van der Waals surface area contributed by atoms with Gasteiger partial charge in [-0.25, -0.2) is 4.99 Å². The zero-order chi connectivity index (χ0) is 23.0. The molecule has 0 aliphatic carbocycles. The zero-order valence-electron chi connectivity index (χ0n) is 18.1. The molecule has 8 heteroatoms. The third kappa shape index (κ3) is 4.55. The first-order chi connectivity index (χ1) is 15.9. The maximum atomic E-state index is 12.7. The van der Waals surface area contributed by atoms with Crippen molar-refractivity contribution >= 4 is 52.0 Å². The van der Waals surface area contributed by atoms with Gasteiger partial charge in [0.15, 0.2) is 0 Å². The summed E-state index contributed by atoms with van der Waals surface area (Å²) in [5.74, 6) is 0.643. The van der Waals surface area contributed by atoms with E-state index in [0.29, 0.717) is 46.4 Å². The summed E-state index contributed by atoms with van der Waals surface area (Å²) in [5.41, 5.74) is 4.26. The fourth-order valence-electron chi connectivity index (χ4n) is 4.16. The second-order valence-electron chi connectivity index (χ2n) is 8.46. The molecule has 0 amide bonds. The molecule has 1 saturated heterocycles. The molecule has 0 saturated carbocycles. The van der Waals surface area contributed by atoms with Gasteiger partial charge in [0.05, 0.1) is 37.4 Å². The van der Waals surface area contributed by atoms with Gasteiger partial charge in [-0.05, 0) is 48.0 Å². The summed E-state index contributed by atoms with van der Waals surface area (Å²) < 4.78 is 0.317. The number of nitrogens with one attached hydrogen (secondary N) is 1. The molecule has 2 heterocycles. The Balaban J connectivity index is 1.42. The molecule has 1 fully saturated rings. The maximum Gasteiger partial charge on any atom is 0.139 e. The molecule has 6 nitrogen and oxygen atoms in total. The smallest absolute Gasteiger partial charge is 0.139 e. The molecule has 0 radical (unpaired) electrons. The third-order valence-corrected chi connectivity index (χ3v) is 6.50. The van der Waals surface area contributed by atoms with Gasteiger partial charge in [0, 0.05) is 21.3 Å². The molecule has 0 unspecified atom stereocenters. The number of quaternary nitrogens is 1. The number of fused-ring (bicyclic) bond motifs is 2. The minimum absolute atomic E-state index is 0.252. The monoisotopic (exact) mass is 479 g/mol. The average molecular weight is 480 g/mol. The Labute approximate surface area is 203 Å². The van der Waals surface area contributed by atoms with E-state index in [0.717, 1.165) is 28.5 Å². The molecular weight excluding hydrogens is 457 g/mol. The highest BCUT2D eigenvalue weighted by Crippen LogP contribution is 2.36. The van der Waals surface area contributed by atoms with E-state index < -0.39 is 0 Å². The van der Waals surface area contributed by atoms with E-state index in [1.807, 2.05) is 37.4 Å². The number of likely N-dealkylation sites (N-methyl/N-ethyl adjacent to an activating group) is 1. The Hall–Kier alpha value is -3.06. The van der Waals surface area contributed by atoms with E-state index in [-0.39, 0.29) is 5.90 Å². The van der Waals surface area contributed by atoms with Crippen molar-refractivity contribution < 1.29 is 9.70 Å². The topological polar surface area (TPSA) is 63.1 Å². The fraction of sp³-hybridized carbons (Fsp3) is 0.200. The molecule has 1 N–H and O–H groups in total. The highest BCUT2D eigenvalue weighted by atomic mass is 35.5. The van der Waals surface area contributed by atoms with E-state index in [1.165, 1.54) is 0 Å². The number of aliphatic imine (C=N–C) groups is 1. The van der Waals surface area contributed by atoms with Crippen LogP contribution in [0.25, 0.3) is 0 Å². The number of hydrogen-bond donors (Lipinski definition) is 1. The number of nitrogens with zero attached hydrogens (tertiary/aromatic N) is 4. The van der Waals surface area contributed by atoms with Crippen LogP contribution in [-0.4, -0.2) is 54.5 Å². The summed E-state index contributed by atoms with van der Waals surface area (Å²) in [6.45, 7) is 2.80. The molecule has 3 aromatic rings. The molecule has 3 aromatic carbocycles. The van der Waals surface area contributed by atoms with Crippen molar-refractivity contribution in [3.8, 4) is 0 Å². The lowest BCUT2D eigenvalue weighted by Crippen LogP contribution is -2.56. The fourth-order valence-corrected chi connectivity index (χ4v) is 4.51. The largest absolute Gasteiger partial charge is 0.855 e. The normalized spacial score (nSPS) is 17.4. The van der Waals surface area contributed by atoms with E-state index in [2.05, 4.69) is 27.5 Å². The molecule has 2 aliphatic heterocycles. The van der Waals surface area contributed by atoms with Gasteiger partial charge in [-0.15, -0.1) is 0 Å². The predicted octanol–water partition coefficient (Wildman–Crippen LogP) is 4.61. The van der Waals surface area contributed by atoms with Crippen LogP contribution in [0.2, 0.25) is 10.0 Å². The van der Waals surface area contributed by atoms with E-state index >= 15 is 0 Å². The van der Waals surface area contributed by atoms with Crippen molar-refractivity contribution in [2.75, 3.05) is 38.5 Å². The highest BCUT2D eigenvalue weighted by Gasteiger charge is 2.32. The molecule has 0 bridgehead atoms. The van der Waals surface area contributed by atoms with Crippen molar-refractivity contribution in [1.29, 1.82) is 0 Å². The van der Waals surface area contributed by atoms with E-state index in [4.69, 9.17) is 28.2 Å². The Bertz CT molecular complexity index is 1270. The van der Waals surface area contributed by atoms with Crippen LogP contribution < -0.4 is 10.4 Å². The SMILES string of the molecule is C[N+]1(/N=C(\[O-])c2cccc(Cl)c2)CCN(C2=Nc3cc(Cl)ccc3Nc3ccccc32)CC1. The number of amidine groups is 1. The number of halogens is 2. The molecule has 0 aromatic heterocycles. The summed E-state index contributed by atoms with van der Waals surface area (Å²) in [4.78, 5) is 7.27. The van der Waals surface area contributed by atoms with Crippen molar-refractivity contribution in [2.24, 2.45) is 10.1 Å². The number of benzene rings is 3. The number of piperazine rings is 1. The van der Waals surface area contributed by atoms with Crippen LogP contribution in [-0.2, 0) is 0 Å². The van der Waals surface area contributed by atoms with Crippen LogP contribution >= 0.6 is 23.2 Å². The minimum atomic E-state index is -0.252. The van der Waals surface area contributed by atoms with Gasteiger partial charge in [-0.2, -0.15) is 4.59 Å². The maximum absolute atomic E-state index is 12.7. The van der Waals surface area contributed by atoms with E-state index in [1.54, 1.807) is 24.3 Å². The second-order valence-corrected chi connectivity index (χ2v) is 9.33. The van der Waals surface area contributed by atoms with Gasteiger partial charge in [0.2, 0.25) is 0 Å². The van der Waals surface area contributed by atoms with Gasteiger partial charge in [-0.3, -0.25) is 0 Å². The third-order valence-electron chi connectivity index (χ3n) is 6.03. The predicted molar refractivity (Wildman–Crippen MR) is 133 cm³/mol. The first kappa shape index (κ1) is 21.8. The Kier molecular flexibility index (Phi) is 5.74. The molecule has 0 spiro atoms. The quantitative estimate of drug-likeness (QED) is 0.331. The van der Waals surface area contributed by atoms with Gasteiger partial charge < -0.3 is 15.3 Å². The Morgan fingerprint density at radius 1 is 0.970 bits per heavy atom. The Morgan fingerprint density at radius 2 is 1.73 bits per heavy atom. The molecule has 0 atom stereocenters. The van der Waals surface area contributed by atoms with Gasteiger partial charge in [0.1, 0.15) is 18.9 Å². The van der Waals surface area contributed by atoms with Gasteiger partial charge in [0.25, 0.3) is 0 Å². The first-order valence-corrected chi connectivity index (χ1v) is 11.5. The molecule has 168 valence electrons. The van der Waals surface area contributed by atoms with Crippen molar-refractivity contribution in [2.45, 2.75) is 0 Å². The molecule has 2 aliphatic rings. The van der Waals surface area contributed by atoms with Crippen LogP contribution in [0.5, 0.6) is 0 Å². The Morgan fingerprint density at radius 3 is 2.52 bits per heavy atom. The molecule has 5 rings (SSSR count). The lowest BCUT2D eigenvalue weighted by Gasteiger charge is -2.39. The van der Waals surface area contributed by atoms with Crippen LogP contribution in [0.1, 0.15) is 11.1 Å². The average Bonchev–Trinajstić information content (AvgIpc) is 2.96. The molecule has 33 heavy (non-hydrogen) atoms. The van der Waals surface area contributed by atoms with Gasteiger partial charge >= 0.3 is 0 Å². The minimum Gasteiger partial charge on any atom is -0.855 e. The number of hydrogen-bond acceptors (Lipinski definition) is 5. The first-order valence-electron chi connectivity index (χ1n) is 10.8. The number of rotatable bonds is 2.